The number of amides is 1. The van der Waals surface area contributed by atoms with Gasteiger partial charge < -0.3 is 14.7 Å². The number of carbonyl (C=O) groups excluding carboxylic acids is 1. The van der Waals surface area contributed by atoms with Crippen molar-refractivity contribution >= 4 is 23.5 Å². The van der Waals surface area contributed by atoms with Crippen LogP contribution < -0.4 is 0 Å². The van der Waals surface area contributed by atoms with Crippen LogP contribution in [0.3, 0.4) is 0 Å². The van der Waals surface area contributed by atoms with E-state index in [0.29, 0.717) is 18.1 Å². The third kappa shape index (κ3) is 5.72. The maximum atomic E-state index is 11.8. The minimum absolute atomic E-state index is 0.235. The van der Waals surface area contributed by atoms with E-state index in [1.807, 2.05) is 19.1 Å². The molecule has 0 saturated heterocycles. The van der Waals surface area contributed by atoms with Crippen LogP contribution in [0.4, 0.5) is 0 Å². The van der Waals surface area contributed by atoms with Gasteiger partial charge in [-0.3, -0.25) is 4.79 Å². The molecule has 0 atom stereocenters. The lowest BCUT2D eigenvalue weighted by molar-refractivity contribution is -0.146. The molecular formula is C13H16ClNO4. The Kier molecular flexibility index (Phi) is 6.32. The molecule has 5 nitrogen and oxygen atoms in total. The molecule has 1 amide bonds. The predicted octanol–water partition coefficient (Wildman–Crippen LogP) is 1.79. The van der Waals surface area contributed by atoms with Gasteiger partial charge in [0.05, 0.1) is 0 Å². The van der Waals surface area contributed by atoms with Gasteiger partial charge in [-0.2, -0.15) is 0 Å². The van der Waals surface area contributed by atoms with Crippen LogP contribution in [0.25, 0.3) is 0 Å². The molecule has 0 spiro atoms. The summed E-state index contributed by atoms with van der Waals surface area (Å²) < 4.78 is 4.78. The molecule has 0 saturated carbocycles. The topological polar surface area (TPSA) is 66.8 Å². The van der Waals surface area contributed by atoms with Crippen LogP contribution in [0, 0.1) is 0 Å². The first-order valence-corrected chi connectivity index (χ1v) is 6.22. The van der Waals surface area contributed by atoms with Gasteiger partial charge in [0.25, 0.3) is 0 Å². The Morgan fingerprint density at radius 3 is 2.68 bits per heavy atom. The molecule has 0 heterocycles. The maximum Gasteiger partial charge on any atom is 0.329 e. The van der Waals surface area contributed by atoms with Crippen LogP contribution >= 0.6 is 11.6 Å². The van der Waals surface area contributed by atoms with Gasteiger partial charge in [-0.25, -0.2) is 4.79 Å². The second-order valence-electron chi connectivity index (χ2n) is 3.92. The quantitative estimate of drug-likeness (QED) is 0.829. The zero-order valence-electron chi connectivity index (χ0n) is 10.6. The molecule has 0 aliphatic heterocycles. The monoisotopic (exact) mass is 285 g/mol. The van der Waals surface area contributed by atoms with Crippen molar-refractivity contribution in [3.8, 4) is 0 Å². The molecule has 19 heavy (non-hydrogen) atoms. The standard InChI is InChI=1S/C13H16ClNO4/c1-2-15(12(16)8-19-9-13(17)18)7-10-4-3-5-11(14)6-10/h3-6H,2,7-9H2,1H3,(H,17,18). The van der Waals surface area contributed by atoms with Crippen LogP contribution in [0.1, 0.15) is 12.5 Å². The number of nitrogens with zero attached hydrogens (tertiary/aromatic N) is 1. The number of aliphatic carboxylic acids is 1. The molecule has 1 aromatic carbocycles. The fourth-order valence-electron chi connectivity index (χ4n) is 1.55. The van der Waals surface area contributed by atoms with E-state index in [1.54, 1.807) is 17.0 Å². The molecular weight excluding hydrogens is 270 g/mol. The molecule has 1 rings (SSSR count). The summed E-state index contributed by atoms with van der Waals surface area (Å²) in [6, 6.07) is 7.24. The van der Waals surface area contributed by atoms with Gasteiger partial charge in [0.1, 0.15) is 13.2 Å². The third-order valence-electron chi connectivity index (χ3n) is 2.45. The van der Waals surface area contributed by atoms with E-state index in [4.69, 9.17) is 21.4 Å². The Bertz CT molecular complexity index is 450. The molecule has 0 aliphatic carbocycles. The number of hydrogen-bond acceptors (Lipinski definition) is 3. The molecule has 104 valence electrons. The maximum absolute atomic E-state index is 11.8. The summed E-state index contributed by atoms with van der Waals surface area (Å²) in [5.41, 5.74) is 0.918. The summed E-state index contributed by atoms with van der Waals surface area (Å²) in [7, 11) is 0. The van der Waals surface area contributed by atoms with Crippen molar-refractivity contribution < 1.29 is 19.4 Å². The number of ether oxygens (including phenoxy) is 1. The van der Waals surface area contributed by atoms with Crippen LogP contribution in [0.5, 0.6) is 0 Å². The molecule has 0 aliphatic rings. The number of benzene rings is 1. The van der Waals surface area contributed by atoms with Crippen molar-refractivity contribution in [2.45, 2.75) is 13.5 Å². The summed E-state index contributed by atoms with van der Waals surface area (Å²) >= 11 is 5.88. The summed E-state index contributed by atoms with van der Waals surface area (Å²) in [6.07, 6.45) is 0. The van der Waals surface area contributed by atoms with Gasteiger partial charge in [0.15, 0.2) is 0 Å². The van der Waals surface area contributed by atoms with Crippen molar-refractivity contribution in [2.24, 2.45) is 0 Å². The van der Waals surface area contributed by atoms with Gasteiger partial charge in [0, 0.05) is 18.1 Å². The van der Waals surface area contributed by atoms with E-state index in [2.05, 4.69) is 0 Å². The van der Waals surface area contributed by atoms with Gasteiger partial charge in [-0.1, -0.05) is 23.7 Å². The number of likely N-dealkylation sites (N-methyl/N-ethyl adjacent to an activating group) is 1. The van der Waals surface area contributed by atoms with Crippen LogP contribution in [-0.2, 0) is 20.9 Å². The first kappa shape index (κ1) is 15.5. The number of rotatable bonds is 7. The van der Waals surface area contributed by atoms with E-state index in [0.717, 1.165) is 5.56 Å². The second-order valence-corrected chi connectivity index (χ2v) is 4.36. The predicted molar refractivity (Wildman–Crippen MR) is 71.0 cm³/mol. The fraction of sp³-hybridized carbons (Fsp3) is 0.385. The fourth-order valence-corrected chi connectivity index (χ4v) is 1.76. The average Bonchev–Trinajstić information content (AvgIpc) is 2.35. The van der Waals surface area contributed by atoms with E-state index in [-0.39, 0.29) is 12.5 Å². The molecule has 1 aromatic rings. The van der Waals surface area contributed by atoms with Gasteiger partial charge >= 0.3 is 5.97 Å². The molecule has 0 fully saturated rings. The smallest absolute Gasteiger partial charge is 0.329 e. The number of carbonyl (C=O) groups is 2. The van der Waals surface area contributed by atoms with E-state index in [9.17, 15) is 9.59 Å². The molecule has 0 aromatic heterocycles. The molecule has 6 heteroatoms. The lowest BCUT2D eigenvalue weighted by Crippen LogP contribution is -2.33. The largest absolute Gasteiger partial charge is 0.480 e. The SMILES string of the molecule is CCN(Cc1cccc(Cl)c1)C(=O)COCC(=O)O. The summed E-state index contributed by atoms with van der Waals surface area (Å²) in [6.45, 7) is 2.08. The Balaban J connectivity index is 2.52. The minimum atomic E-state index is -1.09. The van der Waals surface area contributed by atoms with Gasteiger partial charge in [-0.05, 0) is 24.6 Å². The number of carboxylic acids is 1. The first-order chi connectivity index (χ1) is 9.02. The summed E-state index contributed by atoms with van der Waals surface area (Å²) in [5.74, 6) is -1.34. The van der Waals surface area contributed by atoms with Gasteiger partial charge in [-0.15, -0.1) is 0 Å². The molecule has 1 N–H and O–H groups in total. The average molecular weight is 286 g/mol. The Hall–Kier alpha value is -1.59. The molecule has 0 bridgehead atoms. The highest BCUT2D eigenvalue weighted by Gasteiger charge is 2.13. The van der Waals surface area contributed by atoms with Crippen LogP contribution in [-0.4, -0.2) is 41.6 Å². The zero-order chi connectivity index (χ0) is 14.3. The molecule has 0 radical (unpaired) electrons. The van der Waals surface area contributed by atoms with Crippen molar-refractivity contribution in [2.75, 3.05) is 19.8 Å². The van der Waals surface area contributed by atoms with Crippen molar-refractivity contribution in [1.29, 1.82) is 0 Å². The number of carboxylic acid groups (broad SMARTS) is 1. The van der Waals surface area contributed by atoms with E-state index in [1.165, 1.54) is 0 Å². The van der Waals surface area contributed by atoms with Crippen LogP contribution in [0.15, 0.2) is 24.3 Å². The van der Waals surface area contributed by atoms with E-state index >= 15 is 0 Å². The third-order valence-corrected chi connectivity index (χ3v) is 2.68. The second kappa shape index (κ2) is 7.76. The highest BCUT2D eigenvalue weighted by molar-refractivity contribution is 6.30. The van der Waals surface area contributed by atoms with Crippen molar-refractivity contribution in [1.82, 2.24) is 4.90 Å². The Labute approximate surface area is 116 Å². The summed E-state index contributed by atoms with van der Waals surface area (Å²) in [5, 5.41) is 9.04. The highest BCUT2D eigenvalue weighted by atomic mass is 35.5. The molecule has 0 unspecified atom stereocenters. The number of hydrogen-bond donors (Lipinski definition) is 1. The first-order valence-electron chi connectivity index (χ1n) is 5.84. The van der Waals surface area contributed by atoms with Crippen molar-refractivity contribution in [3.05, 3.63) is 34.9 Å². The normalized spacial score (nSPS) is 10.2. The number of halogens is 1. The van der Waals surface area contributed by atoms with E-state index < -0.39 is 12.6 Å². The van der Waals surface area contributed by atoms with Gasteiger partial charge in [0.2, 0.25) is 5.91 Å². The lowest BCUT2D eigenvalue weighted by atomic mass is 10.2. The van der Waals surface area contributed by atoms with Crippen molar-refractivity contribution in [3.63, 3.8) is 0 Å². The zero-order valence-corrected chi connectivity index (χ0v) is 11.4. The minimum Gasteiger partial charge on any atom is -0.480 e. The Morgan fingerprint density at radius 2 is 2.11 bits per heavy atom. The van der Waals surface area contributed by atoms with Crippen LogP contribution in [0.2, 0.25) is 5.02 Å². The Morgan fingerprint density at radius 1 is 1.37 bits per heavy atom. The summed E-state index contributed by atoms with van der Waals surface area (Å²) in [4.78, 5) is 23.7. The lowest BCUT2D eigenvalue weighted by Gasteiger charge is -2.20. The highest BCUT2D eigenvalue weighted by Crippen LogP contribution is 2.12.